The van der Waals surface area contributed by atoms with Crippen LogP contribution in [-0.2, 0) is 0 Å². The molecular weight excluding hydrogens is 242 g/mol. The zero-order valence-corrected chi connectivity index (χ0v) is 11.9. The van der Waals surface area contributed by atoms with E-state index in [0.717, 1.165) is 31.6 Å². The van der Waals surface area contributed by atoms with E-state index < -0.39 is 4.92 Å². The van der Waals surface area contributed by atoms with Crippen molar-refractivity contribution in [1.82, 2.24) is 0 Å². The lowest BCUT2D eigenvalue weighted by Crippen LogP contribution is -2.29. The molecule has 0 unspecified atom stereocenters. The number of nitrogen functional groups attached to an aromatic ring is 1. The van der Waals surface area contributed by atoms with E-state index in [-0.39, 0.29) is 5.69 Å². The first-order chi connectivity index (χ1) is 9.01. The van der Waals surface area contributed by atoms with Gasteiger partial charge in [-0.3, -0.25) is 10.1 Å². The molecule has 0 aliphatic heterocycles. The molecule has 0 saturated carbocycles. The van der Waals surface area contributed by atoms with Crippen LogP contribution in [0.4, 0.5) is 17.1 Å². The number of hydrogen-bond donors (Lipinski definition) is 1. The van der Waals surface area contributed by atoms with E-state index >= 15 is 0 Å². The normalized spacial score (nSPS) is 10.7. The average molecular weight is 265 g/mol. The van der Waals surface area contributed by atoms with Crippen LogP contribution in [-0.4, -0.2) is 18.0 Å². The highest BCUT2D eigenvalue weighted by Crippen LogP contribution is 2.26. The number of nitrogens with two attached hydrogens (primary N) is 1. The molecule has 0 bridgehead atoms. The van der Waals surface area contributed by atoms with Gasteiger partial charge in [0.25, 0.3) is 5.69 Å². The lowest BCUT2D eigenvalue weighted by molar-refractivity contribution is -0.384. The van der Waals surface area contributed by atoms with Gasteiger partial charge in [0, 0.05) is 36.6 Å². The number of benzene rings is 1. The van der Waals surface area contributed by atoms with Crippen molar-refractivity contribution in [3.8, 4) is 0 Å². The SMILES string of the molecule is CCC(CC)CN(CC)c1cc(N)cc([N+](=O)[O-])c1. The molecule has 0 radical (unpaired) electrons. The molecule has 0 fully saturated rings. The van der Waals surface area contributed by atoms with E-state index in [4.69, 9.17) is 5.73 Å². The van der Waals surface area contributed by atoms with Gasteiger partial charge in [0.15, 0.2) is 0 Å². The predicted molar refractivity (Wildman–Crippen MR) is 79.5 cm³/mol. The largest absolute Gasteiger partial charge is 0.398 e. The van der Waals surface area contributed by atoms with Gasteiger partial charge in [0.2, 0.25) is 0 Å². The number of rotatable bonds is 7. The second-order valence-corrected chi connectivity index (χ2v) is 4.76. The van der Waals surface area contributed by atoms with E-state index in [0.29, 0.717) is 11.6 Å². The van der Waals surface area contributed by atoms with Gasteiger partial charge in [0.05, 0.1) is 4.92 Å². The van der Waals surface area contributed by atoms with Gasteiger partial charge >= 0.3 is 0 Å². The quantitative estimate of drug-likeness (QED) is 0.465. The number of hydrogen-bond acceptors (Lipinski definition) is 4. The number of non-ortho nitro benzene ring substituents is 1. The summed E-state index contributed by atoms with van der Waals surface area (Å²) in [6.45, 7) is 8.12. The minimum absolute atomic E-state index is 0.0537. The predicted octanol–water partition coefficient (Wildman–Crippen LogP) is 3.44. The molecule has 0 atom stereocenters. The van der Waals surface area contributed by atoms with Gasteiger partial charge in [-0.05, 0) is 18.9 Å². The number of nitro groups is 1. The van der Waals surface area contributed by atoms with Gasteiger partial charge in [-0.25, -0.2) is 0 Å². The third-order valence-corrected chi connectivity index (χ3v) is 3.52. The fourth-order valence-electron chi connectivity index (χ4n) is 2.18. The maximum absolute atomic E-state index is 10.9. The fourth-order valence-corrected chi connectivity index (χ4v) is 2.18. The van der Waals surface area contributed by atoms with E-state index in [9.17, 15) is 10.1 Å². The van der Waals surface area contributed by atoms with E-state index in [1.807, 2.05) is 0 Å². The van der Waals surface area contributed by atoms with Gasteiger partial charge in [-0.1, -0.05) is 26.7 Å². The standard InChI is InChI=1S/C14H23N3O2/c1-4-11(5-2)10-16(6-3)13-7-12(15)8-14(9-13)17(18)19/h7-9,11H,4-6,10,15H2,1-3H3. The zero-order valence-electron chi connectivity index (χ0n) is 11.9. The Bertz CT molecular complexity index is 431. The molecule has 0 aromatic heterocycles. The van der Waals surface area contributed by atoms with Crippen LogP contribution >= 0.6 is 0 Å². The number of nitrogens with zero attached hydrogens (tertiary/aromatic N) is 2. The molecule has 5 heteroatoms. The maximum atomic E-state index is 10.9. The third-order valence-electron chi connectivity index (χ3n) is 3.52. The summed E-state index contributed by atoms with van der Waals surface area (Å²) in [5.74, 6) is 0.598. The first-order valence-electron chi connectivity index (χ1n) is 6.81. The minimum Gasteiger partial charge on any atom is -0.398 e. The summed E-state index contributed by atoms with van der Waals surface area (Å²) in [6.07, 6.45) is 2.22. The average Bonchev–Trinajstić information content (AvgIpc) is 2.39. The van der Waals surface area contributed by atoms with Crippen molar-refractivity contribution >= 4 is 17.1 Å². The second kappa shape index (κ2) is 6.97. The zero-order chi connectivity index (χ0) is 14.4. The smallest absolute Gasteiger partial charge is 0.273 e. The minimum atomic E-state index is -0.398. The highest BCUT2D eigenvalue weighted by atomic mass is 16.6. The molecule has 19 heavy (non-hydrogen) atoms. The molecule has 0 aliphatic carbocycles. The highest BCUT2D eigenvalue weighted by molar-refractivity contribution is 5.62. The van der Waals surface area contributed by atoms with Crippen molar-refractivity contribution < 1.29 is 4.92 Å². The Hall–Kier alpha value is -1.78. The van der Waals surface area contributed by atoms with Crippen LogP contribution in [0.3, 0.4) is 0 Å². The van der Waals surface area contributed by atoms with Gasteiger partial charge in [-0.15, -0.1) is 0 Å². The second-order valence-electron chi connectivity index (χ2n) is 4.76. The summed E-state index contributed by atoms with van der Waals surface area (Å²) in [5, 5.41) is 10.9. The van der Waals surface area contributed by atoms with Crippen LogP contribution in [0, 0.1) is 16.0 Å². The van der Waals surface area contributed by atoms with Crippen molar-refractivity contribution in [1.29, 1.82) is 0 Å². The van der Waals surface area contributed by atoms with Crippen LogP contribution in [0.15, 0.2) is 18.2 Å². The van der Waals surface area contributed by atoms with Crippen molar-refractivity contribution in [2.24, 2.45) is 5.92 Å². The Balaban J connectivity index is 3.00. The van der Waals surface area contributed by atoms with Crippen LogP contribution in [0.5, 0.6) is 0 Å². The molecule has 106 valence electrons. The summed E-state index contributed by atoms with van der Waals surface area (Å²) in [7, 11) is 0. The Labute approximate surface area is 114 Å². The molecule has 0 amide bonds. The molecule has 1 rings (SSSR count). The lowest BCUT2D eigenvalue weighted by Gasteiger charge is -2.27. The molecule has 2 N–H and O–H groups in total. The third kappa shape index (κ3) is 4.12. The summed E-state index contributed by atoms with van der Waals surface area (Å²) in [4.78, 5) is 12.6. The summed E-state index contributed by atoms with van der Waals surface area (Å²) < 4.78 is 0. The highest BCUT2D eigenvalue weighted by Gasteiger charge is 2.15. The first kappa shape index (κ1) is 15.3. The van der Waals surface area contributed by atoms with Crippen molar-refractivity contribution in [3.05, 3.63) is 28.3 Å². The molecule has 1 aromatic carbocycles. The van der Waals surface area contributed by atoms with E-state index in [1.54, 1.807) is 12.1 Å². The Kier molecular flexibility index (Phi) is 5.60. The molecular formula is C14H23N3O2. The fraction of sp³-hybridized carbons (Fsp3) is 0.571. The topological polar surface area (TPSA) is 72.4 Å². The number of anilines is 2. The molecule has 1 aromatic rings. The molecule has 0 spiro atoms. The maximum Gasteiger partial charge on any atom is 0.273 e. The molecule has 0 aliphatic rings. The monoisotopic (exact) mass is 265 g/mol. The van der Waals surface area contributed by atoms with Crippen molar-refractivity contribution in [3.63, 3.8) is 0 Å². The van der Waals surface area contributed by atoms with Crippen LogP contribution in [0.2, 0.25) is 0 Å². The van der Waals surface area contributed by atoms with E-state index in [1.165, 1.54) is 6.07 Å². The van der Waals surface area contributed by atoms with E-state index in [2.05, 4.69) is 25.7 Å². The van der Waals surface area contributed by atoms with Gasteiger partial charge < -0.3 is 10.6 Å². The van der Waals surface area contributed by atoms with Crippen molar-refractivity contribution in [2.45, 2.75) is 33.6 Å². The van der Waals surface area contributed by atoms with Crippen LogP contribution in [0.25, 0.3) is 0 Å². The Morgan fingerprint density at radius 1 is 1.26 bits per heavy atom. The van der Waals surface area contributed by atoms with Gasteiger partial charge in [-0.2, -0.15) is 0 Å². The van der Waals surface area contributed by atoms with Crippen LogP contribution < -0.4 is 10.6 Å². The Morgan fingerprint density at radius 2 is 1.89 bits per heavy atom. The molecule has 0 saturated heterocycles. The summed E-state index contributed by atoms with van der Waals surface area (Å²) in [6, 6.07) is 4.80. The summed E-state index contributed by atoms with van der Waals surface area (Å²) >= 11 is 0. The number of nitro benzene ring substituents is 1. The molecule has 0 heterocycles. The van der Waals surface area contributed by atoms with Crippen molar-refractivity contribution in [2.75, 3.05) is 23.7 Å². The van der Waals surface area contributed by atoms with Gasteiger partial charge in [0.1, 0.15) is 0 Å². The Morgan fingerprint density at radius 3 is 2.37 bits per heavy atom. The lowest BCUT2D eigenvalue weighted by atomic mass is 10.0. The first-order valence-corrected chi connectivity index (χ1v) is 6.81. The van der Waals surface area contributed by atoms with Crippen LogP contribution in [0.1, 0.15) is 33.6 Å². The molecule has 5 nitrogen and oxygen atoms in total. The summed E-state index contributed by atoms with van der Waals surface area (Å²) in [5.41, 5.74) is 7.08.